The number of carbonyl (C=O) groups is 2. The van der Waals surface area contributed by atoms with Gasteiger partial charge < -0.3 is 10.2 Å². The number of aliphatic hydroxyl groups is 1. The van der Waals surface area contributed by atoms with Crippen LogP contribution in [0.25, 0.3) is 0 Å². The first kappa shape index (κ1) is 21.6. The molecule has 0 aromatic rings. The predicted octanol–water partition coefficient (Wildman–Crippen LogP) is 4.53. The fraction of sp³-hybridized carbons (Fsp3) is 0.714. The van der Waals surface area contributed by atoms with Crippen LogP contribution in [0.4, 0.5) is 0 Å². The van der Waals surface area contributed by atoms with E-state index in [0.29, 0.717) is 6.42 Å². The van der Waals surface area contributed by atoms with E-state index in [1.54, 1.807) is 13.0 Å². The summed E-state index contributed by atoms with van der Waals surface area (Å²) in [6, 6.07) is 0. The highest BCUT2D eigenvalue weighted by Crippen LogP contribution is 2.29. The number of carboxylic acid groups (broad SMARTS) is 1. The minimum atomic E-state index is -0.738. The Balaban J connectivity index is 2.32. The second kappa shape index (κ2) is 12.0. The van der Waals surface area contributed by atoms with Gasteiger partial charge in [0.25, 0.3) is 0 Å². The summed E-state index contributed by atoms with van der Waals surface area (Å²) in [6.45, 7) is 3.88. The smallest absolute Gasteiger partial charge is 0.306 e. The van der Waals surface area contributed by atoms with Crippen molar-refractivity contribution in [3.63, 3.8) is 0 Å². The highest BCUT2D eigenvalue weighted by molar-refractivity contribution is 5.94. The van der Waals surface area contributed by atoms with Gasteiger partial charge in [0.15, 0.2) is 5.78 Å². The molecule has 0 spiro atoms. The molecule has 4 heteroatoms. The minimum Gasteiger partial charge on any atom is -0.481 e. The van der Waals surface area contributed by atoms with Gasteiger partial charge in [-0.2, -0.15) is 0 Å². The standard InChI is InChI=1S/C21H34O4/c1-3-4-6-10-18(22)14-12-17-13-15-20(23)19(17)11-8-5-7-9-16(2)21(24)25/h12-19,22H,3-11H2,1-2H3,(H,24,25)/b14-12+/t16?,17-,18?,19+/m0/s1. The summed E-state index contributed by atoms with van der Waals surface area (Å²) in [5.74, 6) is -0.784. The topological polar surface area (TPSA) is 74.6 Å². The van der Waals surface area contributed by atoms with Crippen molar-refractivity contribution in [3.05, 3.63) is 24.3 Å². The summed E-state index contributed by atoms with van der Waals surface area (Å²) in [5.41, 5.74) is 0. The first-order valence-corrected chi connectivity index (χ1v) is 9.77. The van der Waals surface area contributed by atoms with Crippen molar-refractivity contribution in [1.29, 1.82) is 0 Å². The summed E-state index contributed by atoms with van der Waals surface area (Å²) in [7, 11) is 0. The number of hydrogen-bond donors (Lipinski definition) is 2. The third-order valence-corrected chi connectivity index (χ3v) is 5.05. The van der Waals surface area contributed by atoms with Gasteiger partial charge in [-0.1, -0.05) is 70.6 Å². The fourth-order valence-electron chi connectivity index (χ4n) is 3.26. The highest BCUT2D eigenvalue weighted by atomic mass is 16.4. The molecule has 1 rings (SSSR count). The summed E-state index contributed by atoms with van der Waals surface area (Å²) >= 11 is 0. The summed E-state index contributed by atoms with van der Waals surface area (Å²) < 4.78 is 0. The molecule has 1 aliphatic rings. The van der Waals surface area contributed by atoms with Gasteiger partial charge in [0.2, 0.25) is 0 Å². The Morgan fingerprint density at radius 3 is 2.60 bits per heavy atom. The Morgan fingerprint density at radius 2 is 1.92 bits per heavy atom. The molecule has 0 aliphatic heterocycles. The monoisotopic (exact) mass is 350 g/mol. The second-order valence-electron chi connectivity index (χ2n) is 7.27. The number of hydrogen-bond acceptors (Lipinski definition) is 3. The molecule has 2 N–H and O–H groups in total. The number of rotatable bonds is 13. The van der Waals surface area contributed by atoms with Gasteiger partial charge >= 0.3 is 5.97 Å². The zero-order valence-corrected chi connectivity index (χ0v) is 15.7. The van der Waals surface area contributed by atoms with Crippen molar-refractivity contribution < 1.29 is 19.8 Å². The molecule has 25 heavy (non-hydrogen) atoms. The van der Waals surface area contributed by atoms with E-state index < -0.39 is 12.1 Å². The number of carboxylic acids is 1. The summed E-state index contributed by atoms with van der Waals surface area (Å²) in [4.78, 5) is 22.8. The fourth-order valence-corrected chi connectivity index (χ4v) is 3.26. The largest absolute Gasteiger partial charge is 0.481 e. The zero-order chi connectivity index (χ0) is 18.7. The Hall–Kier alpha value is -1.42. The number of unbranched alkanes of at least 4 members (excludes halogenated alkanes) is 4. The third-order valence-electron chi connectivity index (χ3n) is 5.05. The molecule has 4 atom stereocenters. The van der Waals surface area contributed by atoms with Crippen molar-refractivity contribution in [3.8, 4) is 0 Å². The Morgan fingerprint density at radius 1 is 1.20 bits per heavy atom. The molecule has 0 heterocycles. The first-order valence-electron chi connectivity index (χ1n) is 9.77. The van der Waals surface area contributed by atoms with Crippen LogP contribution in [0, 0.1) is 17.8 Å². The van der Waals surface area contributed by atoms with Crippen LogP contribution in [0.1, 0.15) is 71.6 Å². The van der Waals surface area contributed by atoms with Gasteiger partial charge in [-0.05, 0) is 25.3 Å². The van der Waals surface area contributed by atoms with E-state index in [0.717, 1.165) is 51.4 Å². The lowest BCUT2D eigenvalue weighted by Gasteiger charge is -2.15. The zero-order valence-electron chi connectivity index (χ0n) is 15.7. The van der Waals surface area contributed by atoms with Gasteiger partial charge in [0, 0.05) is 11.8 Å². The van der Waals surface area contributed by atoms with Gasteiger partial charge in [0.05, 0.1) is 12.0 Å². The van der Waals surface area contributed by atoms with Crippen molar-refractivity contribution in [2.24, 2.45) is 17.8 Å². The lowest BCUT2D eigenvalue weighted by atomic mass is 9.88. The Bertz CT molecular complexity index is 467. The van der Waals surface area contributed by atoms with E-state index in [-0.39, 0.29) is 23.5 Å². The molecule has 142 valence electrons. The van der Waals surface area contributed by atoms with Crippen LogP contribution in [-0.4, -0.2) is 28.1 Å². The van der Waals surface area contributed by atoms with E-state index >= 15 is 0 Å². The van der Waals surface area contributed by atoms with Crippen LogP contribution in [-0.2, 0) is 9.59 Å². The maximum absolute atomic E-state index is 12.0. The minimum absolute atomic E-state index is 0.0176. The lowest BCUT2D eigenvalue weighted by molar-refractivity contribution is -0.141. The molecular weight excluding hydrogens is 316 g/mol. The number of ketones is 1. The maximum atomic E-state index is 12.0. The van der Waals surface area contributed by atoms with Crippen molar-refractivity contribution in [2.45, 2.75) is 77.7 Å². The molecule has 0 aromatic carbocycles. The number of aliphatic carboxylic acids is 1. The molecule has 0 amide bonds. The van der Waals surface area contributed by atoms with E-state index in [4.69, 9.17) is 5.11 Å². The van der Waals surface area contributed by atoms with Gasteiger partial charge in [0.1, 0.15) is 0 Å². The number of carbonyl (C=O) groups excluding carboxylic acids is 1. The molecule has 0 radical (unpaired) electrons. The first-order chi connectivity index (χ1) is 12.0. The van der Waals surface area contributed by atoms with Gasteiger partial charge in [-0.25, -0.2) is 0 Å². The second-order valence-corrected chi connectivity index (χ2v) is 7.27. The summed E-state index contributed by atoms with van der Waals surface area (Å²) in [5, 5.41) is 18.9. The molecule has 4 nitrogen and oxygen atoms in total. The normalized spacial score (nSPS) is 22.6. The van der Waals surface area contributed by atoms with E-state index in [9.17, 15) is 14.7 Å². The Labute approximate surface area is 152 Å². The third kappa shape index (κ3) is 8.48. The van der Waals surface area contributed by atoms with Crippen LogP contribution in [0.15, 0.2) is 24.3 Å². The van der Waals surface area contributed by atoms with Crippen LogP contribution in [0.5, 0.6) is 0 Å². The molecule has 0 bridgehead atoms. The predicted molar refractivity (Wildman–Crippen MR) is 100 cm³/mol. The van der Waals surface area contributed by atoms with E-state index in [1.807, 2.05) is 18.2 Å². The van der Waals surface area contributed by atoms with Crippen molar-refractivity contribution >= 4 is 11.8 Å². The SMILES string of the molecule is CCCCCC(O)/C=C/[C@H]1C=CC(=O)[C@@H]1CCCCCC(C)C(=O)O. The van der Waals surface area contributed by atoms with Gasteiger partial charge in [-0.15, -0.1) is 0 Å². The van der Waals surface area contributed by atoms with Crippen molar-refractivity contribution in [1.82, 2.24) is 0 Å². The lowest BCUT2D eigenvalue weighted by Crippen LogP contribution is -2.15. The molecule has 2 unspecified atom stereocenters. The van der Waals surface area contributed by atoms with E-state index in [2.05, 4.69) is 6.92 Å². The molecule has 1 aliphatic carbocycles. The molecule has 0 fully saturated rings. The number of allylic oxidation sites excluding steroid dienone is 3. The van der Waals surface area contributed by atoms with Crippen LogP contribution >= 0.6 is 0 Å². The van der Waals surface area contributed by atoms with Crippen LogP contribution < -0.4 is 0 Å². The average Bonchev–Trinajstić information content (AvgIpc) is 2.92. The number of aliphatic hydroxyl groups excluding tert-OH is 1. The average molecular weight is 350 g/mol. The molecule has 0 saturated carbocycles. The quantitative estimate of drug-likeness (QED) is 0.378. The molecule has 0 aromatic heterocycles. The molecular formula is C21H34O4. The van der Waals surface area contributed by atoms with Crippen molar-refractivity contribution in [2.75, 3.05) is 0 Å². The summed E-state index contributed by atoms with van der Waals surface area (Å²) in [6.07, 6.45) is 15.4. The van der Waals surface area contributed by atoms with Gasteiger partial charge in [-0.3, -0.25) is 9.59 Å². The van der Waals surface area contributed by atoms with Crippen LogP contribution in [0.3, 0.4) is 0 Å². The maximum Gasteiger partial charge on any atom is 0.306 e. The highest BCUT2D eigenvalue weighted by Gasteiger charge is 2.27. The molecule has 0 saturated heterocycles. The van der Waals surface area contributed by atoms with E-state index in [1.165, 1.54) is 0 Å². The Kier molecular flexibility index (Phi) is 10.4. The van der Waals surface area contributed by atoms with Crippen LogP contribution in [0.2, 0.25) is 0 Å².